The van der Waals surface area contributed by atoms with Crippen LogP contribution < -0.4 is 15.2 Å². The summed E-state index contributed by atoms with van der Waals surface area (Å²) in [6, 6.07) is 12.5. The van der Waals surface area contributed by atoms with Gasteiger partial charge in [0.05, 0.1) is 45.4 Å². The Kier molecular flexibility index (Phi) is 5.98. The minimum Gasteiger partial charge on any atom is -0.360 e. The fraction of sp³-hybridized carbons (Fsp3) is 0.333. The summed E-state index contributed by atoms with van der Waals surface area (Å²) in [4.78, 5) is 15.8. The second-order valence-electron chi connectivity index (χ2n) is 5.92. The molecule has 5 nitrogen and oxygen atoms in total. The molecule has 2 heterocycles. The highest BCUT2D eigenvalue weighted by atomic mass is 32.1. The summed E-state index contributed by atoms with van der Waals surface area (Å²) in [5.74, 6) is -0.0144. The van der Waals surface area contributed by atoms with Crippen molar-refractivity contribution in [2.45, 2.75) is 6.42 Å². The second kappa shape index (κ2) is 8.61. The van der Waals surface area contributed by atoms with Gasteiger partial charge < -0.3 is 9.80 Å². The smallest absolute Gasteiger partial charge is 0.245 e. The van der Waals surface area contributed by atoms with Crippen LogP contribution in [0, 0.1) is 0 Å². The van der Waals surface area contributed by atoms with E-state index in [1.165, 1.54) is 10.6 Å². The predicted molar refractivity (Wildman–Crippen MR) is 98.9 cm³/mol. The number of carbonyl (C=O) groups excluding carboxylic acids is 1. The third-order valence-electron chi connectivity index (χ3n) is 4.24. The van der Waals surface area contributed by atoms with E-state index in [4.69, 9.17) is 0 Å². The topological polar surface area (TPSA) is 49.1 Å². The first-order chi connectivity index (χ1) is 11.8. The van der Waals surface area contributed by atoms with Crippen molar-refractivity contribution in [1.29, 1.82) is 0 Å². The molecule has 1 saturated heterocycles. The zero-order chi connectivity index (χ0) is 16.6. The van der Waals surface area contributed by atoms with Crippen molar-refractivity contribution in [2.24, 2.45) is 5.10 Å². The van der Waals surface area contributed by atoms with Gasteiger partial charge in [-0.3, -0.25) is 4.79 Å². The summed E-state index contributed by atoms with van der Waals surface area (Å²) in [6.45, 7) is 5.08. The molecule has 3 rings (SSSR count). The van der Waals surface area contributed by atoms with Gasteiger partial charge in [-0.25, -0.2) is 5.43 Å². The van der Waals surface area contributed by atoms with E-state index in [0.717, 1.165) is 38.3 Å². The molecule has 0 saturated carbocycles. The van der Waals surface area contributed by atoms with Crippen molar-refractivity contribution in [3.63, 3.8) is 0 Å². The minimum atomic E-state index is -0.0144. The lowest BCUT2D eigenvalue weighted by Gasteiger charge is -2.33. The number of carbonyl (C=O) groups is 1. The number of hydrogen-bond donors (Lipinski definition) is 2. The molecule has 1 fully saturated rings. The van der Waals surface area contributed by atoms with Gasteiger partial charge in [0.15, 0.2) is 0 Å². The highest BCUT2D eigenvalue weighted by Gasteiger charge is 2.20. The van der Waals surface area contributed by atoms with Crippen LogP contribution in [0.1, 0.15) is 12.0 Å². The van der Waals surface area contributed by atoms with Crippen LogP contribution in [0.5, 0.6) is 0 Å². The van der Waals surface area contributed by atoms with E-state index in [2.05, 4.69) is 39.7 Å². The van der Waals surface area contributed by atoms with Gasteiger partial charge in [0.25, 0.3) is 0 Å². The van der Waals surface area contributed by atoms with E-state index >= 15 is 0 Å². The molecule has 0 atom stereocenters. The van der Waals surface area contributed by atoms with Gasteiger partial charge in [-0.1, -0.05) is 18.2 Å². The molecule has 0 radical (unpaired) electrons. The van der Waals surface area contributed by atoms with Crippen LogP contribution in [-0.2, 0) is 4.79 Å². The summed E-state index contributed by atoms with van der Waals surface area (Å²) in [6.07, 6.45) is 2.20. The Hall–Kier alpha value is -2.18. The number of thiophene rings is 1. The Labute approximate surface area is 146 Å². The van der Waals surface area contributed by atoms with E-state index in [1.54, 1.807) is 17.6 Å². The first-order valence-corrected chi connectivity index (χ1v) is 9.23. The van der Waals surface area contributed by atoms with Crippen LogP contribution >= 0.6 is 11.3 Å². The number of rotatable bonds is 6. The lowest BCUT2D eigenvalue weighted by molar-refractivity contribution is -0.900. The maximum atomic E-state index is 11.9. The fourth-order valence-corrected chi connectivity index (χ4v) is 3.45. The van der Waals surface area contributed by atoms with Crippen molar-refractivity contribution in [2.75, 3.05) is 37.6 Å². The molecule has 1 aromatic carbocycles. The number of nitrogens with zero attached hydrogens (tertiary/aromatic N) is 2. The Balaban J connectivity index is 1.35. The Morgan fingerprint density at radius 1 is 1.25 bits per heavy atom. The summed E-state index contributed by atoms with van der Waals surface area (Å²) in [5.41, 5.74) is 4.91. The summed E-state index contributed by atoms with van der Waals surface area (Å²) >= 11 is 1.61. The Bertz CT molecular complexity index is 649. The maximum absolute atomic E-state index is 11.9. The average molecular weight is 343 g/mol. The monoisotopic (exact) mass is 343 g/mol. The SMILES string of the molecule is O=C(CC[NH+]1CCN(c2ccccc2)CC1)N/N=C\c1ccsc1. The molecule has 2 N–H and O–H groups in total. The third kappa shape index (κ3) is 4.91. The molecule has 0 spiro atoms. The van der Waals surface area contributed by atoms with Crippen molar-refractivity contribution < 1.29 is 9.69 Å². The van der Waals surface area contributed by atoms with Crippen molar-refractivity contribution in [3.05, 3.63) is 52.7 Å². The van der Waals surface area contributed by atoms with Gasteiger partial charge in [0, 0.05) is 11.3 Å². The molecule has 126 valence electrons. The van der Waals surface area contributed by atoms with Crippen LogP contribution in [0.25, 0.3) is 0 Å². The number of nitrogens with one attached hydrogen (secondary N) is 2. The van der Waals surface area contributed by atoms with Gasteiger partial charge in [0.1, 0.15) is 0 Å². The van der Waals surface area contributed by atoms with E-state index in [1.807, 2.05) is 22.9 Å². The number of hydrogen-bond acceptors (Lipinski definition) is 4. The molecule has 1 aromatic heterocycles. The molecule has 24 heavy (non-hydrogen) atoms. The highest BCUT2D eigenvalue weighted by Crippen LogP contribution is 2.12. The highest BCUT2D eigenvalue weighted by molar-refractivity contribution is 7.08. The summed E-state index contributed by atoms with van der Waals surface area (Å²) in [5, 5.41) is 7.97. The van der Waals surface area contributed by atoms with Gasteiger partial charge in [-0.15, -0.1) is 0 Å². The molecular formula is C18H23N4OS+. The quantitative estimate of drug-likeness (QED) is 0.607. The lowest BCUT2D eigenvalue weighted by atomic mass is 10.2. The molecule has 0 unspecified atom stereocenters. The number of para-hydroxylation sites is 1. The largest absolute Gasteiger partial charge is 0.360 e. The Morgan fingerprint density at radius 2 is 2.04 bits per heavy atom. The number of amides is 1. The normalized spacial score (nSPS) is 15.8. The molecular weight excluding hydrogens is 320 g/mol. The third-order valence-corrected chi connectivity index (χ3v) is 4.95. The average Bonchev–Trinajstić information content (AvgIpc) is 3.15. The van der Waals surface area contributed by atoms with E-state index in [0.29, 0.717) is 6.42 Å². The van der Waals surface area contributed by atoms with Crippen LogP contribution in [0.15, 0.2) is 52.3 Å². The number of benzene rings is 1. The lowest BCUT2D eigenvalue weighted by Crippen LogP contribution is -3.15. The number of hydrazone groups is 1. The number of quaternary nitrogens is 1. The van der Waals surface area contributed by atoms with Gasteiger partial charge in [-0.2, -0.15) is 16.4 Å². The fourth-order valence-electron chi connectivity index (χ4n) is 2.84. The summed E-state index contributed by atoms with van der Waals surface area (Å²) in [7, 11) is 0. The van der Waals surface area contributed by atoms with Gasteiger partial charge >= 0.3 is 0 Å². The predicted octanol–water partition coefficient (Wildman–Crippen LogP) is 0.993. The molecule has 1 amide bonds. The van der Waals surface area contributed by atoms with Gasteiger partial charge in [-0.05, 0) is 29.0 Å². The first-order valence-electron chi connectivity index (χ1n) is 8.29. The molecule has 6 heteroatoms. The second-order valence-corrected chi connectivity index (χ2v) is 6.70. The van der Waals surface area contributed by atoms with Crippen molar-refractivity contribution in [3.8, 4) is 0 Å². The standard InChI is InChI=1S/C18H22N4OS/c23-18(20-19-14-16-7-13-24-15-16)6-8-21-9-11-22(12-10-21)17-4-2-1-3-5-17/h1-5,7,13-15H,6,8-12H2,(H,20,23)/p+1/b19-14-. The molecule has 0 aliphatic carbocycles. The zero-order valence-corrected chi connectivity index (χ0v) is 14.5. The van der Waals surface area contributed by atoms with Gasteiger partial charge in [0.2, 0.25) is 5.91 Å². The van der Waals surface area contributed by atoms with Crippen molar-refractivity contribution in [1.82, 2.24) is 5.43 Å². The maximum Gasteiger partial charge on any atom is 0.245 e. The van der Waals surface area contributed by atoms with Crippen molar-refractivity contribution >= 4 is 29.1 Å². The zero-order valence-electron chi connectivity index (χ0n) is 13.6. The van der Waals surface area contributed by atoms with E-state index < -0.39 is 0 Å². The minimum absolute atomic E-state index is 0.0144. The molecule has 1 aliphatic heterocycles. The Morgan fingerprint density at radius 3 is 2.75 bits per heavy atom. The number of anilines is 1. The van der Waals surface area contributed by atoms with Crippen LogP contribution in [0.4, 0.5) is 5.69 Å². The van der Waals surface area contributed by atoms with Crippen LogP contribution in [0.3, 0.4) is 0 Å². The van der Waals surface area contributed by atoms with E-state index in [9.17, 15) is 4.79 Å². The summed E-state index contributed by atoms with van der Waals surface area (Å²) < 4.78 is 0. The van der Waals surface area contributed by atoms with Crippen LogP contribution in [-0.4, -0.2) is 44.8 Å². The number of piperazine rings is 1. The molecule has 1 aliphatic rings. The van der Waals surface area contributed by atoms with Crippen LogP contribution in [0.2, 0.25) is 0 Å². The van der Waals surface area contributed by atoms with E-state index in [-0.39, 0.29) is 5.91 Å². The first kappa shape index (κ1) is 16.7. The molecule has 2 aromatic rings. The molecule has 0 bridgehead atoms.